The molecule has 0 bridgehead atoms. The molecule has 3 aromatic heterocycles. The molecule has 0 spiro atoms. The Balaban J connectivity index is 1.82. The monoisotopic (exact) mass is 387 g/mol. The van der Waals surface area contributed by atoms with Crippen LogP contribution in [-0.4, -0.2) is 10.1 Å². The van der Waals surface area contributed by atoms with Crippen LogP contribution in [0, 0.1) is 0 Å². The maximum absolute atomic E-state index is 13.3. The van der Waals surface area contributed by atoms with Gasteiger partial charge in [-0.1, -0.05) is 23.7 Å². The van der Waals surface area contributed by atoms with Crippen molar-refractivity contribution in [2.24, 2.45) is 0 Å². The second-order valence-corrected chi connectivity index (χ2v) is 7.73. The van der Waals surface area contributed by atoms with Gasteiger partial charge in [0, 0.05) is 39.9 Å². The Bertz CT molecular complexity index is 977. The van der Waals surface area contributed by atoms with Gasteiger partial charge >= 0.3 is 0 Å². The van der Waals surface area contributed by atoms with Crippen LogP contribution in [0.25, 0.3) is 10.4 Å². The first kappa shape index (κ1) is 17.2. The zero-order valence-corrected chi connectivity index (χ0v) is 15.2. The van der Waals surface area contributed by atoms with Gasteiger partial charge in [-0.2, -0.15) is 0 Å². The topological polar surface area (TPSA) is 46.3 Å². The smallest absolute Gasteiger partial charge is 0.118 e. The van der Waals surface area contributed by atoms with Crippen LogP contribution in [0.2, 0.25) is 4.34 Å². The molecule has 1 N–H and O–H groups in total. The van der Waals surface area contributed by atoms with Crippen LogP contribution < -0.4 is 0 Å². The highest BCUT2D eigenvalue weighted by Gasteiger charge is 2.28. The van der Waals surface area contributed by atoms with Gasteiger partial charge in [0.25, 0.3) is 0 Å². The fraction of sp³-hybridized carbons (Fsp3) is 0.150. The summed E-state index contributed by atoms with van der Waals surface area (Å²) in [5, 5.41) is 11.1. The molecule has 2 atom stereocenters. The van der Waals surface area contributed by atoms with Gasteiger partial charge in [-0.3, -0.25) is 4.98 Å². The van der Waals surface area contributed by atoms with Crippen molar-refractivity contribution in [3.63, 3.8) is 0 Å². The van der Waals surface area contributed by atoms with E-state index in [0.717, 1.165) is 10.4 Å². The lowest BCUT2D eigenvalue weighted by molar-refractivity contribution is 0.216. The van der Waals surface area contributed by atoms with Crippen molar-refractivity contribution in [2.75, 3.05) is 0 Å². The number of rotatable bonds is 4. The van der Waals surface area contributed by atoms with Crippen LogP contribution in [0.1, 0.15) is 35.3 Å². The van der Waals surface area contributed by atoms with E-state index in [2.05, 4.69) is 4.98 Å². The van der Waals surface area contributed by atoms with E-state index in [0.29, 0.717) is 27.6 Å². The minimum atomic E-state index is -0.905. The molecule has 1 aliphatic rings. The molecule has 3 aromatic rings. The highest BCUT2D eigenvalue weighted by Crippen LogP contribution is 2.43. The molecule has 0 saturated carbocycles. The van der Waals surface area contributed by atoms with E-state index in [1.165, 1.54) is 23.5 Å². The van der Waals surface area contributed by atoms with Gasteiger partial charge in [-0.15, -0.1) is 11.3 Å². The van der Waals surface area contributed by atoms with Gasteiger partial charge in [-0.25, -0.2) is 4.39 Å². The van der Waals surface area contributed by atoms with Crippen LogP contribution in [0.4, 0.5) is 4.39 Å². The summed E-state index contributed by atoms with van der Waals surface area (Å²) in [6, 6.07) is 7.30. The second kappa shape index (κ2) is 7.19. The Morgan fingerprint density at radius 1 is 1.35 bits per heavy atom. The molecule has 3 nitrogen and oxygen atoms in total. The number of halogens is 2. The molecule has 0 fully saturated rings. The van der Waals surface area contributed by atoms with Gasteiger partial charge in [0.15, 0.2) is 0 Å². The van der Waals surface area contributed by atoms with Crippen LogP contribution in [0.5, 0.6) is 0 Å². The number of aromatic nitrogens is 1. The molecule has 1 aliphatic carbocycles. The first-order valence-corrected chi connectivity index (χ1v) is 9.32. The van der Waals surface area contributed by atoms with Crippen molar-refractivity contribution in [3.8, 4) is 10.4 Å². The Hall–Kier alpha value is -2.21. The summed E-state index contributed by atoms with van der Waals surface area (Å²) in [6.07, 6.45) is 9.21. The Morgan fingerprint density at radius 3 is 2.88 bits per heavy atom. The standard InChI is InChI=1S/C20H15ClFNO2S/c21-17-8-7-16(26-17)15-11-25-20(12-3-5-14(22)6-4-12)18(15)19(24)13-2-1-9-23-10-13/h1-3,5-12,19,24H,4H2. The van der Waals surface area contributed by atoms with Crippen LogP contribution in [0.15, 0.2) is 71.4 Å². The summed E-state index contributed by atoms with van der Waals surface area (Å²) in [6.45, 7) is 0. The fourth-order valence-corrected chi connectivity index (χ4v) is 4.16. The molecule has 0 aliphatic heterocycles. The third kappa shape index (κ3) is 3.26. The first-order chi connectivity index (χ1) is 12.6. The molecule has 6 heteroatoms. The maximum Gasteiger partial charge on any atom is 0.118 e. The van der Waals surface area contributed by atoms with Crippen LogP contribution in [-0.2, 0) is 0 Å². The molecular weight excluding hydrogens is 373 g/mol. The summed E-state index contributed by atoms with van der Waals surface area (Å²) in [5.74, 6) is 0.230. The number of hydrogen-bond donors (Lipinski definition) is 1. The summed E-state index contributed by atoms with van der Waals surface area (Å²) in [5.41, 5.74) is 2.12. The van der Waals surface area contributed by atoms with Gasteiger partial charge in [0.1, 0.15) is 17.7 Å². The Labute approximate surface area is 159 Å². The molecular formula is C20H15ClFNO2S. The van der Waals surface area contributed by atoms with Gasteiger partial charge in [-0.05, 0) is 36.8 Å². The summed E-state index contributed by atoms with van der Waals surface area (Å²) in [7, 11) is 0. The zero-order chi connectivity index (χ0) is 18.1. The zero-order valence-electron chi connectivity index (χ0n) is 13.6. The number of nitrogens with zero attached hydrogens (tertiary/aromatic N) is 1. The van der Waals surface area contributed by atoms with Gasteiger partial charge < -0.3 is 9.52 Å². The van der Waals surface area contributed by atoms with E-state index in [1.807, 2.05) is 18.2 Å². The fourth-order valence-electron chi connectivity index (χ4n) is 3.09. The minimum Gasteiger partial charge on any atom is -0.468 e. The van der Waals surface area contributed by atoms with E-state index in [1.54, 1.807) is 30.8 Å². The molecule has 132 valence electrons. The van der Waals surface area contributed by atoms with Crippen molar-refractivity contribution in [3.05, 3.63) is 88.2 Å². The van der Waals surface area contributed by atoms with Crippen molar-refractivity contribution in [2.45, 2.75) is 18.4 Å². The maximum atomic E-state index is 13.3. The molecule has 0 aromatic carbocycles. The number of pyridine rings is 1. The molecule has 0 radical (unpaired) electrons. The average molecular weight is 388 g/mol. The predicted molar refractivity (Wildman–Crippen MR) is 101 cm³/mol. The number of aliphatic hydroxyl groups is 1. The minimum absolute atomic E-state index is 0.139. The number of hydrogen-bond acceptors (Lipinski definition) is 4. The quantitative estimate of drug-likeness (QED) is 0.594. The number of furan rings is 1. The third-order valence-electron chi connectivity index (χ3n) is 4.36. The third-order valence-corrected chi connectivity index (χ3v) is 5.63. The van der Waals surface area contributed by atoms with Crippen molar-refractivity contribution in [1.82, 2.24) is 4.98 Å². The average Bonchev–Trinajstić information content (AvgIpc) is 3.28. The SMILES string of the molecule is OC(c1cccnc1)c1c(-c2ccc(Cl)s2)coc1C1C=CC(F)=CC1. The number of thiophene rings is 1. The van der Waals surface area contributed by atoms with E-state index in [4.69, 9.17) is 16.0 Å². The first-order valence-electron chi connectivity index (χ1n) is 8.12. The van der Waals surface area contributed by atoms with Crippen molar-refractivity contribution >= 4 is 22.9 Å². The largest absolute Gasteiger partial charge is 0.468 e. The molecule has 0 saturated heterocycles. The van der Waals surface area contributed by atoms with Crippen LogP contribution >= 0.6 is 22.9 Å². The predicted octanol–water partition coefficient (Wildman–Crippen LogP) is 6.04. The molecule has 0 amide bonds. The van der Waals surface area contributed by atoms with Crippen LogP contribution in [0.3, 0.4) is 0 Å². The van der Waals surface area contributed by atoms with E-state index >= 15 is 0 Å². The van der Waals surface area contributed by atoms with Crippen molar-refractivity contribution < 1.29 is 13.9 Å². The Kier molecular flexibility index (Phi) is 4.76. The summed E-state index contributed by atoms with van der Waals surface area (Å²) >= 11 is 7.50. The summed E-state index contributed by atoms with van der Waals surface area (Å²) in [4.78, 5) is 5.00. The van der Waals surface area contributed by atoms with E-state index in [-0.39, 0.29) is 11.7 Å². The van der Waals surface area contributed by atoms with E-state index in [9.17, 15) is 9.50 Å². The molecule has 4 rings (SSSR count). The number of allylic oxidation sites excluding steroid dienone is 4. The summed E-state index contributed by atoms with van der Waals surface area (Å²) < 4.78 is 19.9. The van der Waals surface area contributed by atoms with Gasteiger partial charge in [0.2, 0.25) is 0 Å². The highest BCUT2D eigenvalue weighted by atomic mass is 35.5. The van der Waals surface area contributed by atoms with Crippen molar-refractivity contribution in [1.29, 1.82) is 0 Å². The second-order valence-electron chi connectivity index (χ2n) is 6.01. The molecule has 3 heterocycles. The molecule has 26 heavy (non-hydrogen) atoms. The lowest BCUT2D eigenvalue weighted by atomic mass is 9.90. The number of aliphatic hydroxyl groups excluding tert-OH is 1. The molecule has 2 unspecified atom stereocenters. The normalized spacial score (nSPS) is 18.0. The highest BCUT2D eigenvalue weighted by molar-refractivity contribution is 7.19. The lowest BCUT2D eigenvalue weighted by Crippen LogP contribution is -2.07. The van der Waals surface area contributed by atoms with E-state index < -0.39 is 6.10 Å². The Morgan fingerprint density at radius 2 is 2.23 bits per heavy atom. The van der Waals surface area contributed by atoms with Gasteiger partial charge in [0.05, 0.1) is 10.6 Å². The lowest BCUT2D eigenvalue weighted by Gasteiger charge is -2.18.